The van der Waals surface area contributed by atoms with E-state index in [0.29, 0.717) is 18.4 Å². The van der Waals surface area contributed by atoms with Gasteiger partial charge in [-0.15, -0.1) is 0 Å². The highest BCUT2D eigenvalue weighted by Gasteiger charge is 1.96. The first-order valence-electron chi connectivity index (χ1n) is 4.44. The first-order valence-corrected chi connectivity index (χ1v) is 4.44. The molecule has 0 spiro atoms. The molecule has 11 heavy (non-hydrogen) atoms. The van der Waals surface area contributed by atoms with Crippen LogP contribution in [-0.4, -0.2) is 11.7 Å². The average Bonchev–Trinajstić information content (AvgIpc) is 1.97. The molecule has 0 aliphatic heterocycles. The van der Waals surface area contributed by atoms with Crippen molar-refractivity contribution >= 4 is 0 Å². The maximum absolute atomic E-state index is 8.72. The van der Waals surface area contributed by atoms with Crippen molar-refractivity contribution in [1.29, 1.82) is 0 Å². The minimum atomic E-state index is 0.315. The number of hydrogen-bond acceptors (Lipinski definition) is 1. The minimum Gasteiger partial charge on any atom is -0.396 e. The van der Waals surface area contributed by atoms with E-state index in [2.05, 4.69) is 32.9 Å². The van der Waals surface area contributed by atoms with E-state index in [-0.39, 0.29) is 0 Å². The van der Waals surface area contributed by atoms with E-state index in [9.17, 15) is 0 Å². The molecule has 1 N–H and O–H groups in total. The molecule has 0 amide bonds. The van der Waals surface area contributed by atoms with Gasteiger partial charge in [-0.25, -0.2) is 0 Å². The molecule has 0 aromatic rings. The van der Waals surface area contributed by atoms with Gasteiger partial charge in [0.05, 0.1) is 0 Å². The fourth-order valence-electron chi connectivity index (χ4n) is 0.840. The third-order valence-electron chi connectivity index (χ3n) is 1.66. The Morgan fingerprint density at radius 2 is 1.91 bits per heavy atom. The summed E-state index contributed by atoms with van der Waals surface area (Å²) in [5.74, 6) is 1.10. The fraction of sp³-hybridized carbons (Fsp3) is 0.800. The molecule has 0 unspecified atom stereocenters. The molecule has 0 bridgehead atoms. The summed E-state index contributed by atoms with van der Waals surface area (Å²) in [5, 5.41) is 8.72. The van der Waals surface area contributed by atoms with Gasteiger partial charge in [0.25, 0.3) is 0 Å². The summed E-state index contributed by atoms with van der Waals surface area (Å²) in [4.78, 5) is 0. The predicted octanol–water partition coefficient (Wildman–Crippen LogP) is 2.61. The van der Waals surface area contributed by atoms with Crippen molar-refractivity contribution in [3.63, 3.8) is 0 Å². The number of aliphatic hydroxyl groups is 1. The van der Waals surface area contributed by atoms with Gasteiger partial charge in [0, 0.05) is 6.61 Å². The first kappa shape index (κ1) is 10.7. The number of rotatable bonds is 5. The van der Waals surface area contributed by atoms with E-state index in [1.54, 1.807) is 0 Å². The predicted molar refractivity (Wildman–Crippen MR) is 49.5 cm³/mol. The topological polar surface area (TPSA) is 20.2 Å². The highest BCUT2D eigenvalue weighted by molar-refractivity contribution is 4.84. The van der Waals surface area contributed by atoms with Crippen LogP contribution in [0.4, 0.5) is 0 Å². The quantitative estimate of drug-likeness (QED) is 0.607. The van der Waals surface area contributed by atoms with Gasteiger partial charge < -0.3 is 5.11 Å². The van der Waals surface area contributed by atoms with E-state index < -0.39 is 0 Å². The van der Waals surface area contributed by atoms with Crippen molar-refractivity contribution in [2.24, 2.45) is 11.8 Å². The molecule has 0 aromatic heterocycles. The lowest BCUT2D eigenvalue weighted by atomic mass is 10.1. The Labute approximate surface area is 70.1 Å². The molecule has 1 nitrogen and oxygen atoms in total. The van der Waals surface area contributed by atoms with Gasteiger partial charge >= 0.3 is 0 Å². The molecular weight excluding hydrogens is 136 g/mol. The monoisotopic (exact) mass is 156 g/mol. The van der Waals surface area contributed by atoms with Crippen molar-refractivity contribution in [2.45, 2.75) is 33.6 Å². The van der Waals surface area contributed by atoms with Gasteiger partial charge in [-0.1, -0.05) is 32.9 Å². The Kier molecular flexibility index (Phi) is 6.24. The van der Waals surface area contributed by atoms with E-state index in [4.69, 9.17) is 5.11 Å². The average molecular weight is 156 g/mol. The van der Waals surface area contributed by atoms with Crippen LogP contribution in [0.1, 0.15) is 33.6 Å². The molecule has 0 rings (SSSR count). The number of hydrogen-bond donors (Lipinski definition) is 1. The van der Waals surface area contributed by atoms with Gasteiger partial charge in [-0.2, -0.15) is 0 Å². The van der Waals surface area contributed by atoms with E-state index >= 15 is 0 Å². The van der Waals surface area contributed by atoms with Gasteiger partial charge in [0.15, 0.2) is 0 Å². The number of allylic oxidation sites excluding steroid dienone is 2. The van der Waals surface area contributed by atoms with Crippen LogP contribution in [0.15, 0.2) is 12.2 Å². The summed E-state index contributed by atoms with van der Waals surface area (Å²) < 4.78 is 0. The smallest absolute Gasteiger partial charge is 0.0456 e. The molecule has 0 aliphatic carbocycles. The van der Waals surface area contributed by atoms with Crippen LogP contribution >= 0.6 is 0 Å². The highest BCUT2D eigenvalue weighted by Crippen LogP contribution is 2.05. The lowest BCUT2D eigenvalue weighted by molar-refractivity contribution is 0.231. The molecule has 0 saturated heterocycles. The van der Waals surface area contributed by atoms with Crippen molar-refractivity contribution in [1.82, 2.24) is 0 Å². The first-order chi connectivity index (χ1) is 5.16. The van der Waals surface area contributed by atoms with E-state index in [0.717, 1.165) is 12.8 Å². The van der Waals surface area contributed by atoms with E-state index in [1.807, 2.05) is 0 Å². The van der Waals surface area contributed by atoms with Crippen LogP contribution in [-0.2, 0) is 0 Å². The lowest BCUT2D eigenvalue weighted by Gasteiger charge is -2.03. The highest BCUT2D eigenvalue weighted by atomic mass is 16.3. The number of aliphatic hydroxyl groups excluding tert-OH is 1. The second kappa shape index (κ2) is 6.41. The Morgan fingerprint density at radius 3 is 2.36 bits per heavy atom. The van der Waals surface area contributed by atoms with Crippen LogP contribution in [0.5, 0.6) is 0 Å². The van der Waals surface area contributed by atoms with Crippen molar-refractivity contribution in [2.75, 3.05) is 6.61 Å². The molecule has 1 atom stereocenters. The molecular formula is C10H20O. The van der Waals surface area contributed by atoms with Crippen LogP contribution in [0, 0.1) is 11.8 Å². The molecule has 0 heterocycles. The van der Waals surface area contributed by atoms with Crippen LogP contribution in [0.3, 0.4) is 0 Å². The third kappa shape index (κ3) is 7.60. The fourth-order valence-corrected chi connectivity index (χ4v) is 0.840. The van der Waals surface area contributed by atoms with Gasteiger partial charge in [0.1, 0.15) is 0 Å². The molecule has 0 fully saturated rings. The summed E-state index contributed by atoms with van der Waals surface area (Å²) in [6.45, 7) is 6.73. The van der Waals surface area contributed by atoms with E-state index in [1.165, 1.54) is 0 Å². The third-order valence-corrected chi connectivity index (χ3v) is 1.66. The van der Waals surface area contributed by atoms with Crippen molar-refractivity contribution in [3.05, 3.63) is 12.2 Å². The molecule has 0 aliphatic rings. The molecule has 0 radical (unpaired) electrons. The molecule has 0 saturated carbocycles. The summed E-state index contributed by atoms with van der Waals surface area (Å²) in [6, 6.07) is 0. The maximum Gasteiger partial charge on any atom is 0.0456 e. The molecule has 0 aromatic carbocycles. The summed E-state index contributed by atoms with van der Waals surface area (Å²) >= 11 is 0. The molecule has 1 heteroatoms. The Morgan fingerprint density at radius 1 is 1.27 bits per heavy atom. The second-order valence-corrected chi connectivity index (χ2v) is 3.54. The van der Waals surface area contributed by atoms with Crippen LogP contribution in [0.25, 0.3) is 0 Å². The Hall–Kier alpha value is -0.300. The Bertz CT molecular complexity index is 105. The zero-order valence-corrected chi connectivity index (χ0v) is 7.88. The maximum atomic E-state index is 8.72. The summed E-state index contributed by atoms with van der Waals surface area (Å²) in [6.07, 6.45) is 6.61. The minimum absolute atomic E-state index is 0.315. The van der Waals surface area contributed by atoms with Crippen molar-refractivity contribution < 1.29 is 5.11 Å². The lowest BCUT2D eigenvalue weighted by Crippen LogP contribution is -1.98. The largest absolute Gasteiger partial charge is 0.396 e. The van der Waals surface area contributed by atoms with Crippen molar-refractivity contribution in [3.8, 4) is 0 Å². The SMILES string of the molecule is CC(C)/C=C/CC[C@H](C)CO. The Balaban J connectivity index is 3.26. The standard InChI is InChI=1S/C10H20O/c1-9(2)6-4-5-7-10(3)8-11/h4,6,9-11H,5,7-8H2,1-3H3/b6-4+/t10-/m0/s1. The van der Waals surface area contributed by atoms with Gasteiger partial charge in [-0.05, 0) is 24.7 Å². The second-order valence-electron chi connectivity index (χ2n) is 3.54. The van der Waals surface area contributed by atoms with Gasteiger partial charge in [-0.3, -0.25) is 0 Å². The summed E-state index contributed by atoms with van der Waals surface area (Å²) in [5.41, 5.74) is 0. The van der Waals surface area contributed by atoms with Crippen LogP contribution < -0.4 is 0 Å². The zero-order valence-electron chi connectivity index (χ0n) is 7.88. The molecule has 66 valence electrons. The van der Waals surface area contributed by atoms with Crippen LogP contribution in [0.2, 0.25) is 0 Å². The summed E-state index contributed by atoms with van der Waals surface area (Å²) in [7, 11) is 0. The zero-order chi connectivity index (χ0) is 8.69. The van der Waals surface area contributed by atoms with Gasteiger partial charge in [0.2, 0.25) is 0 Å². The normalized spacial score (nSPS) is 14.6.